The molecule has 2 aliphatic rings. The maximum Gasteiger partial charge on any atom is 0.223 e. The van der Waals surface area contributed by atoms with Crippen molar-refractivity contribution in [1.29, 1.82) is 0 Å². The van der Waals surface area contributed by atoms with E-state index in [0.29, 0.717) is 0 Å². The first kappa shape index (κ1) is 21.7. The Hall–Kier alpha value is -0.590. The van der Waals surface area contributed by atoms with Crippen LogP contribution in [-0.2, 0) is 17.3 Å². The summed E-state index contributed by atoms with van der Waals surface area (Å²) in [4.78, 5) is 10.3. The van der Waals surface area contributed by atoms with Crippen molar-refractivity contribution < 1.29 is 15.9 Å². The summed E-state index contributed by atoms with van der Waals surface area (Å²) in [7, 11) is 0. The van der Waals surface area contributed by atoms with E-state index >= 15 is 0 Å². The van der Waals surface area contributed by atoms with Crippen molar-refractivity contribution in [3.05, 3.63) is 0 Å². The van der Waals surface area contributed by atoms with Gasteiger partial charge >= 0.3 is 0 Å². The number of hydrogen-bond acceptors (Lipinski definition) is 4. The van der Waals surface area contributed by atoms with E-state index in [0.717, 1.165) is 12.8 Å². The molecule has 0 aromatic rings. The number of primary amides is 1. The second kappa shape index (κ2) is 13.5. The van der Waals surface area contributed by atoms with Crippen LogP contribution in [0.15, 0.2) is 0 Å². The largest absolute Gasteiger partial charge is 0.412 e. The Morgan fingerprint density at radius 3 is 1.65 bits per heavy atom. The normalized spacial score (nSPS) is 17.6. The molecule has 5 nitrogen and oxygen atoms in total. The number of rotatable bonds is 1. The third kappa shape index (κ3) is 11.7. The molecule has 106 valence electrons. The SMILES string of the molecule is C1CCNC1.CC.CC1(C(N)=O)CC1.O.O=S.[HH]. The summed E-state index contributed by atoms with van der Waals surface area (Å²) in [6.45, 7) is 8.40. The molecule has 17 heavy (non-hydrogen) atoms. The Morgan fingerprint density at radius 1 is 1.24 bits per heavy atom. The first-order chi connectivity index (χ1) is 7.65. The van der Waals surface area contributed by atoms with E-state index in [9.17, 15) is 4.79 Å². The maximum absolute atomic E-state index is 10.3. The summed E-state index contributed by atoms with van der Waals surface area (Å²) >= 11 is 2.83. The lowest BCUT2D eigenvalue weighted by atomic mass is 10.1. The van der Waals surface area contributed by atoms with Gasteiger partial charge in [0.05, 0.1) is 0 Å². The average molecular weight is 268 g/mol. The van der Waals surface area contributed by atoms with Gasteiger partial charge in [0, 0.05) is 6.84 Å². The van der Waals surface area contributed by atoms with E-state index in [1.165, 1.54) is 25.9 Å². The molecule has 0 aromatic carbocycles. The van der Waals surface area contributed by atoms with E-state index < -0.39 is 0 Å². The lowest BCUT2D eigenvalue weighted by molar-refractivity contribution is -0.122. The highest BCUT2D eigenvalue weighted by molar-refractivity contribution is 7.44. The Balaban J connectivity index is -0.0000000802. The Labute approximate surface area is 111 Å². The smallest absolute Gasteiger partial charge is 0.223 e. The van der Waals surface area contributed by atoms with Gasteiger partial charge in [-0.2, -0.15) is 4.21 Å². The zero-order valence-electron chi connectivity index (χ0n) is 11.0. The highest BCUT2D eigenvalue weighted by atomic mass is 32.1. The molecule has 2 rings (SSSR count). The Kier molecular flexibility index (Phi) is 17.2. The molecule has 1 saturated heterocycles. The number of hydrogen-bond donors (Lipinski definition) is 2. The third-order valence-corrected chi connectivity index (χ3v) is 2.55. The molecule has 0 bridgehead atoms. The standard InChI is InChI=1S/C5H9NO.C4H9N.C2H6.OS.H2O.H2/c1-5(2-3-5)4(6)7;1-2-4-5-3-1;2*1-2;;/h2-3H2,1H3,(H2,6,7);5H,1-4H2;1-2H3;;1H2;1H. The van der Waals surface area contributed by atoms with Crippen LogP contribution in [0.2, 0.25) is 0 Å². The molecule has 0 unspecified atom stereocenters. The minimum absolute atomic E-state index is 0. The van der Waals surface area contributed by atoms with Gasteiger partial charge in [0.15, 0.2) is 12.5 Å². The minimum atomic E-state index is -0.146. The summed E-state index contributed by atoms with van der Waals surface area (Å²) in [6, 6.07) is 0. The fourth-order valence-electron chi connectivity index (χ4n) is 1.06. The molecular formula is C11H28N2O3S. The van der Waals surface area contributed by atoms with E-state index in [1.807, 2.05) is 20.8 Å². The van der Waals surface area contributed by atoms with Gasteiger partial charge in [0.25, 0.3) is 0 Å². The van der Waals surface area contributed by atoms with Crippen molar-refractivity contribution in [2.24, 2.45) is 11.1 Å². The van der Waals surface area contributed by atoms with Gasteiger partial charge in [-0.1, -0.05) is 20.8 Å². The highest BCUT2D eigenvalue weighted by Gasteiger charge is 2.43. The van der Waals surface area contributed by atoms with Gasteiger partial charge in [-0.15, -0.1) is 0 Å². The fraction of sp³-hybridized carbons (Fsp3) is 0.909. The van der Waals surface area contributed by atoms with Crippen molar-refractivity contribution in [2.45, 2.75) is 46.5 Å². The summed E-state index contributed by atoms with van der Waals surface area (Å²) < 4.78 is 7.83. The summed E-state index contributed by atoms with van der Waals surface area (Å²) in [5.41, 5.74) is 4.88. The maximum atomic E-state index is 10.3. The molecule has 0 radical (unpaired) electrons. The Morgan fingerprint density at radius 2 is 1.59 bits per heavy atom. The van der Waals surface area contributed by atoms with Crippen LogP contribution in [0, 0.1) is 5.41 Å². The first-order valence-corrected chi connectivity index (χ1v) is 6.16. The molecule has 1 aliphatic carbocycles. The number of carbonyl (C=O) groups is 1. The molecule has 0 aromatic heterocycles. The second-order valence-electron chi connectivity index (χ2n) is 3.88. The molecule has 2 fully saturated rings. The molecular weight excluding hydrogens is 240 g/mol. The quantitative estimate of drug-likeness (QED) is 0.732. The van der Waals surface area contributed by atoms with Crippen LogP contribution < -0.4 is 11.1 Å². The van der Waals surface area contributed by atoms with Crippen LogP contribution in [0.25, 0.3) is 0 Å². The van der Waals surface area contributed by atoms with E-state index in [1.54, 1.807) is 0 Å². The zero-order chi connectivity index (χ0) is 13.0. The van der Waals surface area contributed by atoms with Crippen LogP contribution in [-0.4, -0.2) is 28.7 Å². The monoisotopic (exact) mass is 268 g/mol. The Bertz CT molecular complexity index is 182. The molecule has 1 aliphatic heterocycles. The van der Waals surface area contributed by atoms with Crippen molar-refractivity contribution in [1.82, 2.24) is 5.32 Å². The van der Waals surface area contributed by atoms with Gasteiger partial charge in [0.2, 0.25) is 5.91 Å². The minimum Gasteiger partial charge on any atom is -0.412 e. The van der Waals surface area contributed by atoms with Crippen LogP contribution in [0.5, 0.6) is 0 Å². The van der Waals surface area contributed by atoms with Gasteiger partial charge in [0.1, 0.15) is 0 Å². The van der Waals surface area contributed by atoms with Gasteiger partial charge in [-0.3, -0.25) is 4.79 Å². The summed E-state index contributed by atoms with van der Waals surface area (Å²) in [5, 5.41) is 3.22. The van der Waals surface area contributed by atoms with Crippen LogP contribution in [0.1, 0.15) is 47.9 Å². The first-order valence-electron chi connectivity index (χ1n) is 5.82. The predicted octanol–water partition coefficient (Wildman–Crippen LogP) is 0.753. The molecule has 0 spiro atoms. The van der Waals surface area contributed by atoms with Crippen molar-refractivity contribution in [3.63, 3.8) is 0 Å². The number of nitrogens with two attached hydrogens (primary N) is 1. The van der Waals surface area contributed by atoms with Gasteiger partial charge in [-0.25, -0.2) is 0 Å². The molecule has 1 amide bonds. The summed E-state index contributed by atoms with van der Waals surface area (Å²) in [6.07, 6.45) is 4.75. The number of amides is 1. The molecule has 6 heteroatoms. The second-order valence-corrected chi connectivity index (χ2v) is 3.88. The number of carbonyl (C=O) groups excluding carboxylic acids is 1. The van der Waals surface area contributed by atoms with Gasteiger partial charge in [-0.05, 0) is 38.8 Å². The van der Waals surface area contributed by atoms with Gasteiger partial charge < -0.3 is 16.5 Å². The molecule has 5 N–H and O–H groups in total. The van der Waals surface area contributed by atoms with Crippen LogP contribution in [0.4, 0.5) is 0 Å². The van der Waals surface area contributed by atoms with Crippen LogP contribution in [0.3, 0.4) is 0 Å². The van der Waals surface area contributed by atoms with Crippen molar-refractivity contribution in [3.8, 4) is 0 Å². The topological polar surface area (TPSA) is 104 Å². The summed E-state index contributed by atoms with van der Waals surface area (Å²) in [5.74, 6) is -0.146. The highest BCUT2D eigenvalue weighted by Crippen LogP contribution is 2.44. The average Bonchev–Trinajstić information content (AvgIpc) is 2.87. The van der Waals surface area contributed by atoms with E-state index in [4.69, 9.17) is 9.94 Å². The van der Waals surface area contributed by atoms with E-state index in [2.05, 4.69) is 17.9 Å². The lowest BCUT2D eigenvalue weighted by Gasteiger charge is -1.96. The van der Waals surface area contributed by atoms with Crippen molar-refractivity contribution in [2.75, 3.05) is 13.1 Å². The number of nitrogens with one attached hydrogen (secondary N) is 1. The van der Waals surface area contributed by atoms with Crippen LogP contribution >= 0.6 is 0 Å². The predicted molar refractivity (Wildman–Crippen MR) is 73.9 cm³/mol. The lowest BCUT2D eigenvalue weighted by Crippen LogP contribution is -2.21. The fourth-order valence-corrected chi connectivity index (χ4v) is 1.06. The van der Waals surface area contributed by atoms with E-state index in [-0.39, 0.29) is 18.2 Å². The zero-order valence-corrected chi connectivity index (χ0v) is 11.9. The van der Waals surface area contributed by atoms with Crippen molar-refractivity contribution >= 4 is 18.4 Å². The molecule has 1 heterocycles. The molecule has 1 saturated carbocycles. The molecule has 0 atom stereocenters. The third-order valence-electron chi connectivity index (χ3n) is 2.55.